The van der Waals surface area contributed by atoms with Crippen LogP contribution in [0.3, 0.4) is 0 Å². The van der Waals surface area contributed by atoms with Crippen molar-refractivity contribution in [2.24, 2.45) is 5.92 Å². The van der Waals surface area contributed by atoms with Gasteiger partial charge in [0, 0.05) is 19.1 Å². The van der Waals surface area contributed by atoms with Gasteiger partial charge in [-0.2, -0.15) is 0 Å². The molecule has 102 valence electrons. The smallest absolute Gasteiger partial charge is 0.110 e. The summed E-state index contributed by atoms with van der Waals surface area (Å²) in [6, 6.07) is 0.412. The standard InChI is InChI=1S/C13H21ClN2OS/c1-10(13-15-12(7-14)9-18-13)16-5-3-11(4-6-16)8-17-2/h9-11H,3-8H2,1-2H3. The minimum absolute atomic E-state index is 0.412. The fraction of sp³-hybridized carbons (Fsp3) is 0.769. The van der Waals surface area contributed by atoms with E-state index in [9.17, 15) is 0 Å². The highest BCUT2D eigenvalue weighted by molar-refractivity contribution is 7.09. The third-order valence-corrected chi connectivity index (χ3v) is 5.00. The summed E-state index contributed by atoms with van der Waals surface area (Å²) >= 11 is 7.53. The number of alkyl halides is 1. The van der Waals surface area contributed by atoms with Crippen LogP contribution >= 0.6 is 22.9 Å². The van der Waals surface area contributed by atoms with E-state index in [-0.39, 0.29) is 0 Å². The molecule has 0 radical (unpaired) electrons. The Morgan fingerprint density at radius 1 is 1.56 bits per heavy atom. The van der Waals surface area contributed by atoms with Crippen LogP contribution in [0.4, 0.5) is 0 Å². The maximum Gasteiger partial charge on any atom is 0.110 e. The predicted molar refractivity (Wildman–Crippen MR) is 76.3 cm³/mol. The second-order valence-electron chi connectivity index (χ2n) is 4.92. The van der Waals surface area contributed by atoms with Crippen LogP contribution in [-0.4, -0.2) is 36.7 Å². The summed E-state index contributed by atoms with van der Waals surface area (Å²) in [7, 11) is 1.79. The van der Waals surface area contributed by atoms with E-state index >= 15 is 0 Å². The van der Waals surface area contributed by atoms with Crippen molar-refractivity contribution < 1.29 is 4.74 Å². The predicted octanol–water partition coefficient (Wildman–Crippen LogP) is 3.30. The van der Waals surface area contributed by atoms with Gasteiger partial charge in [-0.05, 0) is 38.8 Å². The summed E-state index contributed by atoms with van der Waals surface area (Å²) in [5.41, 5.74) is 0.998. The lowest BCUT2D eigenvalue weighted by atomic mass is 9.97. The van der Waals surface area contributed by atoms with E-state index in [0.717, 1.165) is 31.3 Å². The molecule has 0 aliphatic carbocycles. The average Bonchev–Trinajstić information content (AvgIpc) is 2.88. The molecule has 1 atom stereocenters. The summed E-state index contributed by atoms with van der Waals surface area (Å²) in [4.78, 5) is 7.10. The highest BCUT2D eigenvalue weighted by atomic mass is 35.5. The number of piperidine rings is 1. The Balaban J connectivity index is 1.88. The van der Waals surface area contributed by atoms with Crippen LogP contribution in [0, 0.1) is 5.92 Å². The van der Waals surface area contributed by atoms with Gasteiger partial charge >= 0.3 is 0 Å². The third kappa shape index (κ3) is 3.44. The first-order chi connectivity index (χ1) is 8.74. The van der Waals surface area contributed by atoms with Crippen LogP contribution in [-0.2, 0) is 10.6 Å². The van der Waals surface area contributed by atoms with Gasteiger partial charge in [-0.25, -0.2) is 4.98 Å². The molecule has 1 aromatic heterocycles. The molecule has 0 spiro atoms. The number of halogens is 1. The zero-order valence-corrected chi connectivity index (χ0v) is 12.6. The second kappa shape index (κ2) is 6.85. The zero-order valence-electron chi connectivity index (χ0n) is 11.1. The molecule has 3 nitrogen and oxygen atoms in total. The number of hydrogen-bond acceptors (Lipinski definition) is 4. The van der Waals surface area contributed by atoms with Crippen molar-refractivity contribution in [2.75, 3.05) is 26.8 Å². The number of rotatable bonds is 5. The average molecular weight is 289 g/mol. The fourth-order valence-electron chi connectivity index (χ4n) is 2.47. The first-order valence-electron chi connectivity index (χ1n) is 6.47. The lowest BCUT2D eigenvalue weighted by Crippen LogP contribution is -2.36. The molecule has 0 aromatic carbocycles. The summed E-state index contributed by atoms with van der Waals surface area (Å²) in [6.07, 6.45) is 2.46. The van der Waals surface area contributed by atoms with E-state index in [0.29, 0.717) is 11.9 Å². The number of likely N-dealkylation sites (tertiary alicyclic amines) is 1. The largest absolute Gasteiger partial charge is 0.384 e. The minimum Gasteiger partial charge on any atom is -0.384 e. The molecule has 1 aliphatic heterocycles. The number of nitrogens with zero attached hydrogens (tertiary/aromatic N) is 2. The molecule has 2 heterocycles. The van der Waals surface area contributed by atoms with Crippen molar-refractivity contribution in [3.8, 4) is 0 Å². The van der Waals surface area contributed by atoms with Gasteiger partial charge in [-0.1, -0.05) is 0 Å². The van der Waals surface area contributed by atoms with Crippen molar-refractivity contribution in [2.45, 2.75) is 31.7 Å². The van der Waals surface area contributed by atoms with Gasteiger partial charge in [-0.3, -0.25) is 4.90 Å². The molecule has 18 heavy (non-hydrogen) atoms. The Morgan fingerprint density at radius 2 is 2.28 bits per heavy atom. The molecule has 0 N–H and O–H groups in total. The summed E-state index contributed by atoms with van der Waals surface area (Å²) < 4.78 is 5.24. The van der Waals surface area contributed by atoms with Crippen LogP contribution < -0.4 is 0 Å². The molecule has 1 saturated heterocycles. The van der Waals surface area contributed by atoms with E-state index in [4.69, 9.17) is 16.3 Å². The van der Waals surface area contributed by atoms with Crippen LogP contribution in [0.25, 0.3) is 0 Å². The molecular formula is C13H21ClN2OS. The quantitative estimate of drug-likeness (QED) is 0.778. The molecule has 2 rings (SSSR count). The second-order valence-corrected chi connectivity index (χ2v) is 6.08. The van der Waals surface area contributed by atoms with E-state index in [1.807, 2.05) is 0 Å². The molecule has 1 unspecified atom stereocenters. The highest BCUT2D eigenvalue weighted by Gasteiger charge is 2.24. The molecular weight excluding hydrogens is 268 g/mol. The van der Waals surface area contributed by atoms with Crippen LogP contribution in [0.2, 0.25) is 0 Å². The maximum atomic E-state index is 5.80. The monoisotopic (exact) mass is 288 g/mol. The van der Waals surface area contributed by atoms with E-state index in [2.05, 4.69) is 22.2 Å². The van der Waals surface area contributed by atoms with Crippen molar-refractivity contribution >= 4 is 22.9 Å². The fourth-order valence-corrected chi connectivity index (χ4v) is 3.61. The molecule has 1 aliphatic rings. The van der Waals surface area contributed by atoms with Crippen LogP contribution in [0.15, 0.2) is 5.38 Å². The Kier molecular flexibility index (Phi) is 5.42. The highest BCUT2D eigenvalue weighted by Crippen LogP contribution is 2.28. The summed E-state index contributed by atoms with van der Waals surface area (Å²) in [6.45, 7) is 5.43. The van der Waals surface area contributed by atoms with Crippen molar-refractivity contribution in [1.29, 1.82) is 0 Å². The Morgan fingerprint density at radius 3 is 2.83 bits per heavy atom. The molecule has 5 heteroatoms. The summed E-state index contributed by atoms with van der Waals surface area (Å²) in [5, 5.41) is 3.26. The Bertz CT molecular complexity index is 364. The summed E-state index contributed by atoms with van der Waals surface area (Å²) in [5.74, 6) is 1.24. The molecule has 0 saturated carbocycles. The molecule has 1 fully saturated rings. The van der Waals surface area contributed by atoms with E-state index in [1.165, 1.54) is 17.8 Å². The van der Waals surface area contributed by atoms with Crippen LogP contribution in [0.1, 0.15) is 36.5 Å². The molecule has 0 bridgehead atoms. The van der Waals surface area contributed by atoms with E-state index < -0.39 is 0 Å². The number of ether oxygens (including phenoxy) is 1. The maximum absolute atomic E-state index is 5.80. The lowest BCUT2D eigenvalue weighted by Gasteiger charge is -2.34. The number of thiazole rings is 1. The van der Waals surface area contributed by atoms with Gasteiger partial charge in [0.25, 0.3) is 0 Å². The van der Waals surface area contributed by atoms with Gasteiger partial charge in [0.1, 0.15) is 5.01 Å². The molecule has 1 aromatic rings. The number of aromatic nitrogens is 1. The number of methoxy groups -OCH3 is 1. The van der Waals surface area contributed by atoms with Crippen molar-refractivity contribution in [3.63, 3.8) is 0 Å². The van der Waals surface area contributed by atoms with E-state index in [1.54, 1.807) is 18.4 Å². The third-order valence-electron chi connectivity index (χ3n) is 3.66. The molecule has 0 amide bonds. The zero-order chi connectivity index (χ0) is 13.0. The Hall–Kier alpha value is -0.160. The topological polar surface area (TPSA) is 25.4 Å². The van der Waals surface area contributed by atoms with Crippen molar-refractivity contribution in [3.05, 3.63) is 16.1 Å². The van der Waals surface area contributed by atoms with Gasteiger partial charge in [0.2, 0.25) is 0 Å². The lowest BCUT2D eigenvalue weighted by molar-refractivity contribution is 0.0832. The van der Waals surface area contributed by atoms with Gasteiger partial charge < -0.3 is 4.74 Å². The van der Waals surface area contributed by atoms with Gasteiger partial charge in [0.05, 0.1) is 17.6 Å². The first kappa shape index (κ1) is 14.3. The van der Waals surface area contributed by atoms with Crippen molar-refractivity contribution in [1.82, 2.24) is 9.88 Å². The Labute approximate surface area is 118 Å². The first-order valence-corrected chi connectivity index (χ1v) is 7.89. The van der Waals surface area contributed by atoms with Gasteiger partial charge in [0.15, 0.2) is 0 Å². The SMILES string of the molecule is COCC1CCN(C(C)c2nc(CCl)cs2)CC1. The normalized spacial score (nSPS) is 20.2. The van der Waals surface area contributed by atoms with Gasteiger partial charge in [-0.15, -0.1) is 22.9 Å². The van der Waals surface area contributed by atoms with Crippen LogP contribution in [0.5, 0.6) is 0 Å². The number of hydrogen-bond donors (Lipinski definition) is 0. The minimum atomic E-state index is 0.412.